The van der Waals surface area contributed by atoms with Crippen molar-refractivity contribution in [1.29, 1.82) is 0 Å². The number of hydrogen-bond donors (Lipinski definition) is 3. The second-order valence-electron chi connectivity index (χ2n) is 4.47. The van der Waals surface area contributed by atoms with Crippen molar-refractivity contribution in [3.63, 3.8) is 0 Å². The molecule has 1 rings (SSSR count). The molecule has 0 saturated carbocycles. The van der Waals surface area contributed by atoms with E-state index in [1.807, 2.05) is 0 Å². The molecule has 0 fully saturated rings. The average Bonchev–Trinajstić information content (AvgIpc) is 2.42. The van der Waals surface area contributed by atoms with Crippen molar-refractivity contribution >= 4 is 40.0 Å². The van der Waals surface area contributed by atoms with Crippen LogP contribution in [0.25, 0.3) is 0 Å². The van der Waals surface area contributed by atoms with E-state index in [4.69, 9.17) is 0 Å². The Morgan fingerprint density at radius 1 is 1.14 bits per heavy atom. The number of nitrogens with one attached hydrogen (secondary N) is 3. The summed E-state index contributed by atoms with van der Waals surface area (Å²) < 4.78 is 36.9. The Hall–Kier alpha value is -0.940. The quantitative estimate of drug-likeness (QED) is 0.250. The Morgan fingerprint density at radius 3 is 2.27 bits per heavy atom. The van der Waals surface area contributed by atoms with E-state index in [1.165, 1.54) is 12.1 Å². The zero-order chi connectivity index (χ0) is 15.7. The van der Waals surface area contributed by atoms with E-state index in [0.717, 1.165) is 18.2 Å². The SMILES string of the molecule is CN=C(NCCNS(C)(=O)=O)NCCc1ccc(F)cc1.I. The monoisotopic (exact) mass is 444 g/mol. The van der Waals surface area contributed by atoms with Gasteiger partial charge < -0.3 is 10.6 Å². The minimum atomic E-state index is -3.17. The molecule has 0 heterocycles. The van der Waals surface area contributed by atoms with Gasteiger partial charge in [-0.15, -0.1) is 24.0 Å². The lowest BCUT2D eigenvalue weighted by atomic mass is 10.1. The van der Waals surface area contributed by atoms with Gasteiger partial charge in [-0.2, -0.15) is 0 Å². The predicted molar refractivity (Wildman–Crippen MR) is 97.7 cm³/mol. The lowest BCUT2D eigenvalue weighted by molar-refractivity contribution is 0.586. The van der Waals surface area contributed by atoms with Crippen LogP contribution in [0, 0.1) is 5.82 Å². The summed E-state index contributed by atoms with van der Waals surface area (Å²) in [6, 6.07) is 6.34. The maximum absolute atomic E-state index is 12.8. The fraction of sp³-hybridized carbons (Fsp3) is 0.462. The van der Waals surface area contributed by atoms with E-state index in [1.54, 1.807) is 19.2 Å². The highest BCUT2D eigenvalue weighted by Crippen LogP contribution is 2.02. The molecule has 0 atom stereocenters. The van der Waals surface area contributed by atoms with Gasteiger partial charge in [-0.3, -0.25) is 4.99 Å². The Morgan fingerprint density at radius 2 is 1.73 bits per heavy atom. The average molecular weight is 444 g/mol. The van der Waals surface area contributed by atoms with Gasteiger partial charge in [0.15, 0.2) is 5.96 Å². The van der Waals surface area contributed by atoms with E-state index >= 15 is 0 Å². The first-order valence-corrected chi connectivity index (χ1v) is 8.43. The Balaban J connectivity index is 0.00000441. The maximum atomic E-state index is 12.8. The van der Waals surface area contributed by atoms with Gasteiger partial charge in [-0.05, 0) is 24.1 Å². The van der Waals surface area contributed by atoms with Gasteiger partial charge in [0.05, 0.1) is 6.26 Å². The molecule has 9 heteroatoms. The van der Waals surface area contributed by atoms with Gasteiger partial charge in [0.1, 0.15) is 5.82 Å². The van der Waals surface area contributed by atoms with E-state index in [-0.39, 0.29) is 36.3 Å². The van der Waals surface area contributed by atoms with E-state index in [2.05, 4.69) is 20.3 Å². The van der Waals surface area contributed by atoms with Crippen LogP contribution in [0.15, 0.2) is 29.3 Å². The van der Waals surface area contributed by atoms with Gasteiger partial charge in [0, 0.05) is 26.7 Å². The van der Waals surface area contributed by atoms with Crippen molar-refractivity contribution in [2.24, 2.45) is 4.99 Å². The number of rotatable bonds is 7. The van der Waals surface area contributed by atoms with Crippen LogP contribution in [-0.2, 0) is 16.4 Å². The van der Waals surface area contributed by atoms with Gasteiger partial charge in [-0.25, -0.2) is 17.5 Å². The van der Waals surface area contributed by atoms with E-state index < -0.39 is 10.0 Å². The Labute approximate surface area is 148 Å². The molecule has 0 aliphatic heterocycles. The Bertz CT molecular complexity index is 564. The lowest BCUT2D eigenvalue weighted by Gasteiger charge is -2.12. The topological polar surface area (TPSA) is 82.6 Å². The smallest absolute Gasteiger partial charge is 0.208 e. The molecule has 0 aliphatic carbocycles. The highest BCUT2D eigenvalue weighted by atomic mass is 127. The summed E-state index contributed by atoms with van der Waals surface area (Å²) in [6.45, 7) is 1.37. The molecule has 0 spiro atoms. The zero-order valence-electron chi connectivity index (χ0n) is 12.6. The van der Waals surface area contributed by atoms with Crippen molar-refractivity contribution in [2.45, 2.75) is 6.42 Å². The first-order chi connectivity index (χ1) is 9.90. The summed E-state index contributed by atoms with van der Waals surface area (Å²) in [5, 5.41) is 6.09. The highest BCUT2D eigenvalue weighted by molar-refractivity contribution is 14.0. The third-order valence-electron chi connectivity index (χ3n) is 2.62. The molecule has 0 amide bonds. The summed E-state index contributed by atoms with van der Waals surface area (Å²) in [4.78, 5) is 4.02. The molecule has 0 saturated heterocycles. The molecule has 1 aromatic carbocycles. The summed E-state index contributed by atoms with van der Waals surface area (Å²) >= 11 is 0. The molecule has 0 unspecified atom stereocenters. The number of hydrogen-bond acceptors (Lipinski definition) is 3. The van der Waals surface area contributed by atoms with Crippen LogP contribution in [0.3, 0.4) is 0 Å². The predicted octanol–water partition coefficient (Wildman–Crippen LogP) is 0.700. The lowest BCUT2D eigenvalue weighted by Crippen LogP contribution is -2.42. The highest BCUT2D eigenvalue weighted by Gasteiger charge is 2.01. The number of nitrogens with zero attached hydrogens (tertiary/aromatic N) is 1. The largest absolute Gasteiger partial charge is 0.356 e. The van der Waals surface area contributed by atoms with Crippen molar-refractivity contribution in [3.05, 3.63) is 35.6 Å². The molecule has 1 aromatic rings. The van der Waals surface area contributed by atoms with Crippen molar-refractivity contribution in [3.8, 4) is 0 Å². The normalized spacial score (nSPS) is 11.7. The standard InChI is InChI=1S/C13H21FN4O2S.HI/c1-15-13(17-9-10-18-21(2,19)20)16-8-7-11-3-5-12(14)6-4-11;/h3-6,18H,7-10H2,1-2H3,(H2,15,16,17);1H. The minimum Gasteiger partial charge on any atom is -0.356 e. The molecular formula is C13H22FIN4O2S. The third-order valence-corrected chi connectivity index (χ3v) is 3.35. The number of benzene rings is 1. The van der Waals surface area contributed by atoms with E-state index in [9.17, 15) is 12.8 Å². The van der Waals surface area contributed by atoms with Crippen molar-refractivity contribution in [1.82, 2.24) is 15.4 Å². The summed E-state index contributed by atoms with van der Waals surface area (Å²) in [6.07, 6.45) is 1.85. The maximum Gasteiger partial charge on any atom is 0.208 e. The summed E-state index contributed by atoms with van der Waals surface area (Å²) in [7, 11) is -1.53. The van der Waals surface area contributed by atoms with Crippen molar-refractivity contribution < 1.29 is 12.8 Å². The number of sulfonamides is 1. The van der Waals surface area contributed by atoms with Gasteiger partial charge in [0.25, 0.3) is 0 Å². The molecular weight excluding hydrogens is 422 g/mol. The van der Waals surface area contributed by atoms with Crippen LogP contribution >= 0.6 is 24.0 Å². The van der Waals surface area contributed by atoms with Crippen LogP contribution in [0.2, 0.25) is 0 Å². The molecule has 0 aromatic heterocycles. The fourth-order valence-electron chi connectivity index (χ4n) is 1.61. The van der Waals surface area contributed by atoms with Crippen LogP contribution in [0.4, 0.5) is 4.39 Å². The zero-order valence-corrected chi connectivity index (χ0v) is 15.7. The van der Waals surface area contributed by atoms with Gasteiger partial charge in [-0.1, -0.05) is 12.1 Å². The van der Waals surface area contributed by atoms with Crippen LogP contribution in [-0.4, -0.2) is 47.3 Å². The molecule has 22 heavy (non-hydrogen) atoms. The van der Waals surface area contributed by atoms with E-state index in [0.29, 0.717) is 19.0 Å². The molecule has 0 bridgehead atoms. The van der Waals surface area contributed by atoms with Gasteiger partial charge in [0.2, 0.25) is 10.0 Å². The number of guanidine groups is 1. The van der Waals surface area contributed by atoms with Crippen LogP contribution < -0.4 is 15.4 Å². The van der Waals surface area contributed by atoms with Crippen LogP contribution in [0.5, 0.6) is 0 Å². The first-order valence-electron chi connectivity index (χ1n) is 6.54. The molecule has 3 N–H and O–H groups in total. The third kappa shape index (κ3) is 9.90. The Kier molecular flexibility index (Phi) is 10.3. The van der Waals surface area contributed by atoms with Crippen molar-refractivity contribution in [2.75, 3.05) is 32.9 Å². The van der Waals surface area contributed by atoms with Crippen LogP contribution in [0.1, 0.15) is 5.56 Å². The number of aliphatic imine (C=N–C) groups is 1. The van der Waals surface area contributed by atoms with Gasteiger partial charge >= 0.3 is 0 Å². The summed E-state index contributed by atoms with van der Waals surface area (Å²) in [5.41, 5.74) is 1.03. The second kappa shape index (κ2) is 10.7. The number of halogens is 2. The summed E-state index contributed by atoms with van der Waals surface area (Å²) in [5.74, 6) is 0.343. The minimum absolute atomic E-state index is 0. The first kappa shape index (κ1) is 21.1. The molecule has 126 valence electrons. The molecule has 6 nitrogen and oxygen atoms in total. The molecule has 0 radical (unpaired) electrons. The fourth-order valence-corrected chi connectivity index (χ4v) is 2.09. The second-order valence-corrected chi connectivity index (χ2v) is 6.30. The molecule has 0 aliphatic rings.